The predicted octanol–water partition coefficient (Wildman–Crippen LogP) is 4.67. The number of hydrogen-bond acceptors (Lipinski definition) is 5. The smallest absolute Gasteiger partial charge is 0.238 e. The standard InChI is InChI=1S/C23H24BrClN2O4S/c1-30-22-12-18(14-27-10-9-16-5-7-20(8-6-16)32(26,28)29)21(24)13-23(22)31-15-17-3-2-4-19(25)11-17/h2-8,11-13,27H,9-10,14-15H2,1H3,(H2,26,28,29). The van der Waals surface area contributed by atoms with Crippen LogP contribution >= 0.6 is 27.5 Å². The normalized spacial score (nSPS) is 11.4. The number of methoxy groups -OCH3 is 1. The Morgan fingerprint density at radius 3 is 2.44 bits per heavy atom. The number of rotatable bonds is 10. The zero-order chi connectivity index (χ0) is 23.1. The van der Waals surface area contributed by atoms with Gasteiger partial charge in [0.2, 0.25) is 10.0 Å². The number of sulfonamides is 1. The van der Waals surface area contributed by atoms with E-state index in [1.807, 2.05) is 36.4 Å². The average molecular weight is 540 g/mol. The summed E-state index contributed by atoms with van der Waals surface area (Å²) in [6.45, 7) is 1.72. The highest BCUT2D eigenvalue weighted by Gasteiger charge is 2.11. The van der Waals surface area contributed by atoms with Gasteiger partial charge < -0.3 is 14.8 Å². The van der Waals surface area contributed by atoms with Gasteiger partial charge in [0.05, 0.1) is 12.0 Å². The molecule has 32 heavy (non-hydrogen) atoms. The van der Waals surface area contributed by atoms with E-state index in [2.05, 4.69) is 21.2 Å². The second-order valence-corrected chi connectivity index (χ2v) is 9.98. The Bertz CT molecular complexity index is 1170. The molecule has 9 heteroatoms. The Kier molecular flexibility index (Phi) is 8.56. The topological polar surface area (TPSA) is 90.6 Å². The lowest BCUT2D eigenvalue weighted by Gasteiger charge is -2.15. The molecule has 0 radical (unpaired) electrons. The molecule has 0 saturated carbocycles. The van der Waals surface area contributed by atoms with Crippen molar-refractivity contribution in [2.24, 2.45) is 5.14 Å². The van der Waals surface area contributed by atoms with Gasteiger partial charge in [-0.25, -0.2) is 13.6 Å². The molecule has 3 rings (SSSR count). The Labute approximate surface area is 201 Å². The first-order valence-electron chi connectivity index (χ1n) is 9.82. The molecule has 170 valence electrons. The summed E-state index contributed by atoms with van der Waals surface area (Å²) < 4.78 is 35.0. The lowest BCUT2D eigenvalue weighted by Crippen LogP contribution is -2.17. The Hall–Kier alpha value is -2.10. The van der Waals surface area contributed by atoms with Gasteiger partial charge in [0.1, 0.15) is 6.61 Å². The molecular weight excluding hydrogens is 516 g/mol. The maximum Gasteiger partial charge on any atom is 0.238 e. The maximum absolute atomic E-state index is 11.3. The van der Waals surface area contributed by atoms with Crippen molar-refractivity contribution < 1.29 is 17.9 Å². The molecule has 3 aromatic carbocycles. The first kappa shape index (κ1) is 24.5. The van der Waals surface area contributed by atoms with Crippen LogP contribution in [-0.2, 0) is 29.6 Å². The lowest BCUT2D eigenvalue weighted by atomic mass is 10.1. The van der Waals surface area contributed by atoms with Crippen molar-refractivity contribution in [2.75, 3.05) is 13.7 Å². The van der Waals surface area contributed by atoms with Gasteiger partial charge in [-0.1, -0.05) is 51.8 Å². The second-order valence-electron chi connectivity index (χ2n) is 7.13. The van der Waals surface area contributed by atoms with Crippen LogP contribution in [0.15, 0.2) is 70.0 Å². The first-order valence-corrected chi connectivity index (χ1v) is 12.5. The molecule has 0 bridgehead atoms. The van der Waals surface area contributed by atoms with Crippen molar-refractivity contribution in [3.63, 3.8) is 0 Å². The van der Waals surface area contributed by atoms with Crippen LogP contribution < -0.4 is 19.9 Å². The van der Waals surface area contributed by atoms with Gasteiger partial charge in [0.15, 0.2) is 11.5 Å². The molecule has 0 aliphatic rings. The van der Waals surface area contributed by atoms with E-state index in [-0.39, 0.29) is 4.90 Å². The molecule has 0 aromatic heterocycles. The molecule has 0 atom stereocenters. The summed E-state index contributed by atoms with van der Waals surface area (Å²) in [5.41, 5.74) is 3.02. The molecule has 3 N–H and O–H groups in total. The van der Waals surface area contributed by atoms with Crippen LogP contribution in [0.1, 0.15) is 16.7 Å². The quantitative estimate of drug-likeness (QED) is 0.366. The molecule has 0 saturated heterocycles. The largest absolute Gasteiger partial charge is 0.493 e. The van der Waals surface area contributed by atoms with Gasteiger partial charge in [-0.15, -0.1) is 0 Å². The molecule has 6 nitrogen and oxygen atoms in total. The maximum atomic E-state index is 11.3. The van der Waals surface area contributed by atoms with Gasteiger partial charge in [-0.2, -0.15) is 0 Å². The summed E-state index contributed by atoms with van der Waals surface area (Å²) in [5.74, 6) is 1.28. The van der Waals surface area contributed by atoms with Crippen LogP contribution in [0.2, 0.25) is 5.02 Å². The molecular formula is C23H24BrClN2O4S. The van der Waals surface area contributed by atoms with Gasteiger partial charge >= 0.3 is 0 Å². The van der Waals surface area contributed by atoms with E-state index < -0.39 is 10.0 Å². The number of halogens is 2. The molecule has 0 aliphatic heterocycles. The molecule has 3 aromatic rings. The highest BCUT2D eigenvalue weighted by molar-refractivity contribution is 9.10. The van der Waals surface area contributed by atoms with Crippen molar-refractivity contribution >= 4 is 37.6 Å². The number of hydrogen-bond donors (Lipinski definition) is 2. The van der Waals surface area contributed by atoms with E-state index in [1.165, 1.54) is 12.1 Å². The highest BCUT2D eigenvalue weighted by Crippen LogP contribution is 2.34. The SMILES string of the molecule is COc1cc(CNCCc2ccc(S(N)(=O)=O)cc2)c(Br)cc1OCc1cccc(Cl)c1. The van der Waals surface area contributed by atoms with Crippen molar-refractivity contribution in [3.8, 4) is 11.5 Å². The zero-order valence-electron chi connectivity index (χ0n) is 17.5. The third-order valence-electron chi connectivity index (χ3n) is 4.77. The van der Waals surface area contributed by atoms with Gasteiger partial charge in [-0.05, 0) is 66.1 Å². The minimum absolute atomic E-state index is 0.114. The molecule has 0 amide bonds. The Morgan fingerprint density at radius 2 is 1.78 bits per heavy atom. The minimum atomic E-state index is -3.67. The Balaban J connectivity index is 1.56. The molecule has 0 heterocycles. The molecule has 0 spiro atoms. The molecule has 0 aliphatic carbocycles. The van der Waals surface area contributed by atoms with Crippen LogP contribution in [0.4, 0.5) is 0 Å². The van der Waals surface area contributed by atoms with Crippen LogP contribution in [0.5, 0.6) is 11.5 Å². The van der Waals surface area contributed by atoms with Crippen LogP contribution in [0.3, 0.4) is 0 Å². The first-order chi connectivity index (χ1) is 15.3. The fourth-order valence-electron chi connectivity index (χ4n) is 3.07. The van der Waals surface area contributed by atoms with E-state index in [0.717, 1.165) is 34.1 Å². The number of benzene rings is 3. The van der Waals surface area contributed by atoms with Crippen molar-refractivity contribution in [1.82, 2.24) is 5.32 Å². The van der Waals surface area contributed by atoms with Gasteiger partial charge in [0, 0.05) is 16.0 Å². The third kappa shape index (κ3) is 6.95. The predicted molar refractivity (Wildman–Crippen MR) is 130 cm³/mol. The van der Waals surface area contributed by atoms with E-state index in [1.54, 1.807) is 19.2 Å². The summed E-state index contributed by atoms with van der Waals surface area (Å²) >= 11 is 9.64. The van der Waals surface area contributed by atoms with E-state index in [0.29, 0.717) is 29.7 Å². The van der Waals surface area contributed by atoms with Crippen molar-refractivity contribution in [2.45, 2.75) is 24.5 Å². The third-order valence-corrected chi connectivity index (χ3v) is 6.68. The van der Waals surface area contributed by atoms with Gasteiger partial charge in [0.25, 0.3) is 0 Å². The summed E-state index contributed by atoms with van der Waals surface area (Å²) in [4.78, 5) is 0.114. The highest BCUT2D eigenvalue weighted by atomic mass is 79.9. The summed E-state index contributed by atoms with van der Waals surface area (Å²) in [6.07, 6.45) is 0.750. The van der Waals surface area contributed by atoms with Gasteiger partial charge in [-0.3, -0.25) is 0 Å². The monoisotopic (exact) mass is 538 g/mol. The number of primary sulfonamides is 1. The summed E-state index contributed by atoms with van der Waals surface area (Å²) in [7, 11) is -2.06. The van der Waals surface area contributed by atoms with Crippen molar-refractivity contribution in [1.29, 1.82) is 0 Å². The van der Waals surface area contributed by atoms with Crippen molar-refractivity contribution in [3.05, 3.63) is 86.8 Å². The Morgan fingerprint density at radius 1 is 1.03 bits per heavy atom. The lowest BCUT2D eigenvalue weighted by molar-refractivity contribution is 0.284. The number of nitrogens with one attached hydrogen (secondary N) is 1. The minimum Gasteiger partial charge on any atom is -0.493 e. The number of ether oxygens (including phenoxy) is 2. The summed E-state index contributed by atoms with van der Waals surface area (Å²) in [5, 5.41) is 9.18. The number of nitrogens with two attached hydrogens (primary N) is 1. The van der Waals surface area contributed by atoms with Crippen LogP contribution in [-0.4, -0.2) is 22.1 Å². The summed E-state index contributed by atoms with van der Waals surface area (Å²) in [6, 6.07) is 17.9. The van der Waals surface area contributed by atoms with E-state index in [4.69, 9.17) is 26.2 Å². The average Bonchev–Trinajstić information content (AvgIpc) is 2.76. The fraction of sp³-hybridized carbons (Fsp3) is 0.217. The van der Waals surface area contributed by atoms with E-state index >= 15 is 0 Å². The van der Waals surface area contributed by atoms with Crippen LogP contribution in [0.25, 0.3) is 0 Å². The zero-order valence-corrected chi connectivity index (χ0v) is 20.6. The second kappa shape index (κ2) is 11.2. The van der Waals surface area contributed by atoms with E-state index in [9.17, 15) is 8.42 Å². The molecule has 0 fully saturated rings. The fourth-order valence-corrected chi connectivity index (χ4v) is 4.27. The van der Waals surface area contributed by atoms with Crippen LogP contribution in [0, 0.1) is 0 Å². The molecule has 0 unspecified atom stereocenters.